The topological polar surface area (TPSA) is 3.24 Å². The Morgan fingerprint density at radius 2 is 2.12 bits per heavy atom. The van der Waals surface area contributed by atoms with Gasteiger partial charge in [-0.3, -0.25) is 4.90 Å². The van der Waals surface area contributed by atoms with E-state index in [2.05, 4.69) is 32.3 Å². The van der Waals surface area contributed by atoms with Gasteiger partial charge in [-0.2, -0.15) is 0 Å². The Balaban J connectivity index is 1.95. The highest BCUT2D eigenvalue weighted by molar-refractivity contribution is 9.10. The van der Waals surface area contributed by atoms with Gasteiger partial charge in [-0.05, 0) is 46.7 Å². The Bertz CT molecular complexity index is 498. The monoisotopic (exact) mass is 313 g/mol. The molecular formula is C13H13BrFNS. The largest absolute Gasteiger partial charge is 0.297 e. The van der Waals surface area contributed by atoms with Gasteiger partial charge in [0.15, 0.2) is 0 Å². The van der Waals surface area contributed by atoms with Gasteiger partial charge in [0.1, 0.15) is 5.82 Å². The first-order valence-corrected chi connectivity index (χ1v) is 6.96. The number of rotatable bonds is 4. The van der Waals surface area contributed by atoms with Crippen molar-refractivity contribution >= 4 is 27.3 Å². The van der Waals surface area contributed by atoms with Crippen molar-refractivity contribution in [1.29, 1.82) is 0 Å². The minimum Gasteiger partial charge on any atom is -0.297 e. The predicted molar refractivity (Wildman–Crippen MR) is 73.6 cm³/mol. The van der Waals surface area contributed by atoms with Crippen LogP contribution in [0.15, 0.2) is 40.2 Å². The van der Waals surface area contributed by atoms with Crippen LogP contribution in [0.25, 0.3) is 0 Å². The zero-order chi connectivity index (χ0) is 12.3. The summed E-state index contributed by atoms with van der Waals surface area (Å²) < 4.78 is 14.1. The Morgan fingerprint density at radius 3 is 2.76 bits per heavy atom. The van der Waals surface area contributed by atoms with Crippen LogP contribution >= 0.6 is 27.3 Å². The van der Waals surface area contributed by atoms with Gasteiger partial charge in [0.2, 0.25) is 0 Å². The van der Waals surface area contributed by atoms with Crippen molar-refractivity contribution < 1.29 is 4.39 Å². The number of hydrogen-bond acceptors (Lipinski definition) is 2. The smallest absolute Gasteiger partial charge is 0.123 e. The van der Waals surface area contributed by atoms with Crippen molar-refractivity contribution in [2.75, 3.05) is 7.05 Å². The Kier molecular flexibility index (Phi) is 4.31. The molecule has 0 atom stereocenters. The average Bonchev–Trinajstić information content (AvgIpc) is 2.63. The lowest BCUT2D eigenvalue weighted by molar-refractivity contribution is 0.321. The van der Waals surface area contributed by atoms with Crippen LogP contribution in [0, 0.1) is 5.82 Å². The molecule has 90 valence electrons. The molecule has 17 heavy (non-hydrogen) atoms. The summed E-state index contributed by atoms with van der Waals surface area (Å²) in [5.41, 5.74) is 1.00. The average molecular weight is 314 g/mol. The fourth-order valence-corrected chi connectivity index (χ4v) is 3.24. The Labute approximate surface area is 113 Å². The summed E-state index contributed by atoms with van der Waals surface area (Å²) in [5, 5.41) is 2.07. The minimum atomic E-state index is -0.172. The van der Waals surface area contributed by atoms with Crippen molar-refractivity contribution in [3.63, 3.8) is 0 Å². The van der Waals surface area contributed by atoms with Gasteiger partial charge in [-0.25, -0.2) is 4.39 Å². The molecule has 0 aliphatic heterocycles. The van der Waals surface area contributed by atoms with E-state index < -0.39 is 0 Å². The summed E-state index contributed by atoms with van der Waals surface area (Å²) in [7, 11) is 2.04. The van der Waals surface area contributed by atoms with Gasteiger partial charge < -0.3 is 0 Å². The van der Waals surface area contributed by atoms with Gasteiger partial charge in [0, 0.05) is 27.8 Å². The SMILES string of the molecule is CN(Cc1cccc(F)c1)Cc1cc(Br)cs1. The van der Waals surface area contributed by atoms with Crippen molar-refractivity contribution in [3.05, 3.63) is 56.4 Å². The summed E-state index contributed by atoms with van der Waals surface area (Å²) in [6.07, 6.45) is 0. The Morgan fingerprint density at radius 1 is 1.29 bits per heavy atom. The molecule has 1 heterocycles. The second-order valence-corrected chi connectivity index (χ2v) is 5.94. The van der Waals surface area contributed by atoms with Crippen LogP contribution in [0.4, 0.5) is 4.39 Å². The zero-order valence-corrected chi connectivity index (χ0v) is 11.9. The molecule has 1 nitrogen and oxygen atoms in total. The molecule has 2 aromatic rings. The lowest BCUT2D eigenvalue weighted by atomic mass is 10.2. The number of thiophene rings is 1. The number of halogens is 2. The molecule has 0 amide bonds. The van der Waals surface area contributed by atoms with E-state index in [9.17, 15) is 4.39 Å². The van der Waals surface area contributed by atoms with E-state index >= 15 is 0 Å². The first-order chi connectivity index (χ1) is 8.13. The van der Waals surface area contributed by atoms with E-state index in [4.69, 9.17) is 0 Å². The van der Waals surface area contributed by atoms with Crippen LogP contribution in [-0.4, -0.2) is 11.9 Å². The van der Waals surface area contributed by atoms with Gasteiger partial charge in [-0.15, -0.1) is 11.3 Å². The highest BCUT2D eigenvalue weighted by atomic mass is 79.9. The quantitative estimate of drug-likeness (QED) is 0.814. The molecule has 0 bridgehead atoms. The number of nitrogens with zero attached hydrogens (tertiary/aromatic N) is 1. The molecule has 0 N–H and O–H groups in total. The maximum atomic E-state index is 13.0. The van der Waals surface area contributed by atoms with E-state index in [1.165, 1.54) is 10.9 Å². The van der Waals surface area contributed by atoms with Crippen LogP contribution in [0.5, 0.6) is 0 Å². The molecule has 0 spiro atoms. The molecule has 0 aliphatic carbocycles. The van der Waals surface area contributed by atoms with Crippen LogP contribution in [0.2, 0.25) is 0 Å². The second kappa shape index (κ2) is 5.76. The minimum absolute atomic E-state index is 0.172. The molecule has 0 radical (unpaired) electrons. The molecule has 0 fully saturated rings. The fraction of sp³-hybridized carbons (Fsp3) is 0.231. The lowest BCUT2D eigenvalue weighted by Gasteiger charge is -2.15. The summed E-state index contributed by atoms with van der Waals surface area (Å²) in [5.74, 6) is -0.172. The summed E-state index contributed by atoms with van der Waals surface area (Å²) >= 11 is 5.17. The van der Waals surface area contributed by atoms with Crippen molar-refractivity contribution in [3.8, 4) is 0 Å². The zero-order valence-electron chi connectivity index (χ0n) is 9.49. The van der Waals surface area contributed by atoms with E-state index in [0.29, 0.717) is 0 Å². The first-order valence-electron chi connectivity index (χ1n) is 5.29. The fourth-order valence-electron chi connectivity index (χ4n) is 1.71. The third-order valence-electron chi connectivity index (χ3n) is 2.39. The molecule has 4 heteroatoms. The normalized spacial score (nSPS) is 11.1. The van der Waals surface area contributed by atoms with Crippen molar-refractivity contribution in [2.24, 2.45) is 0 Å². The maximum absolute atomic E-state index is 13.0. The standard InChI is InChI=1S/C13H13BrFNS/c1-16(8-13-6-11(14)9-17-13)7-10-3-2-4-12(15)5-10/h2-6,9H,7-8H2,1H3. The summed E-state index contributed by atoms with van der Waals surface area (Å²) in [6, 6.07) is 8.87. The van der Waals surface area contributed by atoms with E-state index in [0.717, 1.165) is 23.1 Å². The Hall–Kier alpha value is -0.710. The van der Waals surface area contributed by atoms with Crippen LogP contribution < -0.4 is 0 Å². The molecule has 1 aromatic heterocycles. The summed E-state index contributed by atoms with van der Waals surface area (Å²) in [4.78, 5) is 3.48. The lowest BCUT2D eigenvalue weighted by Crippen LogP contribution is -2.16. The third kappa shape index (κ3) is 3.91. The molecular weight excluding hydrogens is 301 g/mol. The maximum Gasteiger partial charge on any atom is 0.123 e. The van der Waals surface area contributed by atoms with E-state index in [1.54, 1.807) is 23.5 Å². The van der Waals surface area contributed by atoms with Crippen LogP contribution in [-0.2, 0) is 13.1 Å². The van der Waals surface area contributed by atoms with Gasteiger partial charge in [-0.1, -0.05) is 12.1 Å². The highest BCUT2D eigenvalue weighted by Crippen LogP contribution is 2.21. The third-order valence-corrected chi connectivity index (χ3v) is 4.07. The van der Waals surface area contributed by atoms with Crippen LogP contribution in [0.3, 0.4) is 0 Å². The van der Waals surface area contributed by atoms with Crippen molar-refractivity contribution in [1.82, 2.24) is 4.90 Å². The summed E-state index contributed by atoms with van der Waals surface area (Å²) in [6.45, 7) is 1.64. The van der Waals surface area contributed by atoms with Gasteiger partial charge in [0.25, 0.3) is 0 Å². The first kappa shape index (κ1) is 12.7. The van der Waals surface area contributed by atoms with E-state index in [1.807, 2.05) is 13.1 Å². The molecule has 0 saturated carbocycles. The predicted octanol–water partition coefficient (Wildman–Crippen LogP) is 4.28. The van der Waals surface area contributed by atoms with Crippen molar-refractivity contribution in [2.45, 2.75) is 13.1 Å². The molecule has 1 aromatic carbocycles. The van der Waals surface area contributed by atoms with Crippen LogP contribution in [0.1, 0.15) is 10.4 Å². The molecule has 0 unspecified atom stereocenters. The molecule has 2 rings (SSSR count). The molecule has 0 saturated heterocycles. The second-order valence-electron chi connectivity index (χ2n) is 4.03. The number of benzene rings is 1. The van der Waals surface area contributed by atoms with Gasteiger partial charge in [0.05, 0.1) is 0 Å². The number of hydrogen-bond donors (Lipinski definition) is 0. The van der Waals surface area contributed by atoms with Gasteiger partial charge >= 0.3 is 0 Å². The van der Waals surface area contributed by atoms with E-state index in [-0.39, 0.29) is 5.82 Å². The highest BCUT2D eigenvalue weighted by Gasteiger charge is 2.04. The molecule has 0 aliphatic rings.